The zero-order chi connectivity index (χ0) is 13.9. The maximum Gasteiger partial charge on any atom is 0.337 e. The van der Waals surface area contributed by atoms with Crippen LogP contribution in [0.1, 0.15) is 67.0 Å². The van der Waals surface area contributed by atoms with Crippen LogP contribution in [-0.2, 0) is 0 Å². The molecule has 106 valence electrons. The van der Waals surface area contributed by atoms with Crippen LogP contribution < -0.4 is 0 Å². The Morgan fingerprint density at radius 2 is 1.80 bits per heavy atom. The number of rotatable bonds is 2. The number of carboxylic acid groups (broad SMARTS) is 1. The molecule has 1 saturated carbocycles. The molecule has 1 fully saturated rings. The van der Waals surface area contributed by atoms with Gasteiger partial charge in [-0.15, -0.1) is 10.2 Å². The third-order valence-electron chi connectivity index (χ3n) is 4.15. The summed E-state index contributed by atoms with van der Waals surface area (Å²) in [7, 11) is 0. The Labute approximate surface area is 117 Å². The molecule has 0 bridgehead atoms. The molecule has 1 aliphatic carbocycles. The fraction of sp³-hybridized carbons (Fsp3) is 0.533. The standard InChI is InChI=1S/C15H19N3O2/c19-15(20)12-8-9-13-16-17-14(18(13)10-12)11-6-4-2-1-3-5-7-11/h8-11H,1-7H2,(H,19,20). The highest BCUT2D eigenvalue weighted by molar-refractivity contribution is 5.87. The largest absolute Gasteiger partial charge is 0.478 e. The minimum Gasteiger partial charge on any atom is -0.478 e. The Hall–Kier alpha value is -1.91. The molecule has 0 aliphatic heterocycles. The molecule has 2 heterocycles. The van der Waals surface area contributed by atoms with Crippen molar-refractivity contribution in [2.75, 3.05) is 0 Å². The molecule has 3 rings (SSSR count). The predicted molar refractivity (Wildman–Crippen MR) is 75.0 cm³/mol. The first-order valence-corrected chi connectivity index (χ1v) is 7.33. The Kier molecular flexibility index (Phi) is 3.67. The van der Waals surface area contributed by atoms with Crippen LogP contribution in [0.15, 0.2) is 18.3 Å². The van der Waals surface area contributed by atoms with Crippen LogP contribution in [0.5, 0.6) is 0 Å². The highest BCUT2D eigenvalue weighted by Gasteiger charge is 2.19. The molecule has 0 amide bonds. The molecule has 20 heavy (non-hydrogen) atoms. The van der Waals surface area contributed by atoms with Gasteiger partial charge in [0.05, 0.1) is 5.56 Å². The van der Waals surface area contributed by atoms with E-state index < -0.39 is 5.97 Å². The average molecular weight is 273 g/mol. The summed E-state index contributed by atoms with van der Waals surface area (Å²) in [5.41, 5.74) is 1.01. The fourth-order valence-electron chi connectivity index (χ4n) is 3.03. The van der Waals surface area contributed by atoms with Crippen molar-refractivity contribution in [3.05, 3.63) is 29.7 Å². The molecule has 1 aliphatic rings. The zero-order valence-electron chi connectivity index (χ0n) is 11.5. The quantitative estimate of drug-likeness (QED) is 0.912. The van der Waals surface area contributed by atoms with Gasteiger partial charge in [0, 0.05) is 12.1 Å². The first-order chi connectivity index (χ1) is 9.75. The highest BCUT2D eigenvalue weighted by atomic mass is 16.4. The molecule has 2 aromatic heterocycles. The van der Waals surface area contributed by atoms with Crippen molar-refractivity contribution in [3.63, 3.8) is 0 Å². The van der Waals surface area contributed by atoms with Crippen LogP contribution in [0, 0.1) is 0 Å². The lowest BCUT2D eigenvalue weighted by Crippen LogP contribution is -2.08. The van der Waals surface area contributed by atoms with Gasteiger partial charge in [-0.05, 0) is 25.0 Å². The van der Waals surface area contributed by atoms with Gasteiger partial charge in [0.25, 0.3) is 0 Å². The summed E-state index contributed by atoms with van der Waals surface area (Å²) in [6, 6.07) is 3.30. The van der Waals surface area contributed by atoms with Crippen LogP contribution in [0.2, 0.25) is 0 Å². The third-order valence-corrected chi connectivity index (χ3v) is 4.15. The van der Waals surface area contributed by atoms with Crippen molar-refractivity contribution in [3.8, 4) is 0 Å². The molecule has 2 aromatic rings. The van der Waals surface area contributed by atoms with E-state index in [1.807, 2.05) is 4.40 Å². The topological polar surface area (TPSA) is 67.5 Å². The normalized spacial score (nSPS) is 17.8. The van der Waals surface area contributed by atoms with E-state index >= 15 is 0 Å². The number of aromatic nitrogens is 3. The van der Waals surface area contributed by atoms with Crippen LogP contribution in [0.3, 0.4) is 0 Å². The molecule has 1 N–H and O–H groups in total. The summed E-state index contributed by atoms with van der Waals surface area (Å²) in [6.45, 7) is 0. The van der Waals surface area contributed by atoms with E-state index in [0.29, 0.717) is 5.92 Å². The van der Waals surface area contributed by atoms with Crippen molar-refractivity contribution >= 4 is 11.6 Å². The van der Waals surface area contributed by atoms with Crippen molar-refractivity contribution in [2.45, 2.75) is 50.9 Å². The average Bonchev–Trinajstić information content (AvgIpc) is 2.81. The van der Waals surface area contributed by atoms with Crippen molar-refractivity contribution in [1.82, 2.24) is 14.6 Å². The molecule has 0 unspecified atom stereocenters. The number of nitrogens with zero attached hydrogens (tertiary/aromatic N) is 3. The molecule has 0 spiro atoms. The summed E-state index contributed by atoms with van der Waals surface area (Å²) in [4.78, 5) is 11.1. The number of hydrogen-bond donors (Lipinski definition) is 1. The molecular formula is C15H19N3O2. The van der Waals surface area contributed by atoms with Crippen LogP contribution >= 0.6 is 0 Å². The minimum atomic E-state index is -0.913. The Bertz CT molecular complexity index is 613. The molecular weight excluding hydrogens is 254 g/mol. The van der Waals surface area contributed by atoms with E-state index in [0.717, 1.165) is 24.3 Å². The first kappa shape index (κ1) is 13.1. The zero-order valence-corrected chi connectivity index (χ0v) is 11.5. The number of aromatic carboxylic acids is 1. The Morgan fingerprint density at radius 1 is 1.10 bits per heavy atom. The van der Waals surface area contributed by atoms with Gasteiger partial charge in [0.2, 0.25) is 0 Å². The van der Waals surface area contributed by atoms with Crippen molar-refractivity contribution in [1.29, 1.82) is 0 Å². The van der Waals surface area contributed by atoms with Crippen molar-refractivity contribution in [2.24, 2.45) is 0 Å². The minimum absolute atomic E-state index is 0.282. The molecule has 0 aromatic carbocycles. The van der Waals surface area contributed by atoms with E-state index in [9.17, 15) is 4.79 Å². The smallest absolute Gasteiger partial charge is 0.337 e. The van der Waals surface area contributed by atoms with E-state index in [4.69, 9.17) is 5.11 Å². The third kappa shape index (κ3) is 2.53. The number of hydrogen-bond acceptors (Lipinski definition) is 3. The summed E-state index contributed by atoms with van der Waals surface area (Å²) in [6.07, 6.45) is 10.2. The monoisotopic (exact) mass is 273 g/mol. The predicted octanol–water partition coefficient (Wildman–Crippen LogP) is 3.26. The first-order valence-electron chi connectivity index (χ1n) is 7.33. The van der Waals surface area contributed by atoms with Gasteiger partial charge in [0.15, 0.2) is 5.65 Å². The lowest BCUT2D eigenvalue weighted by Gasteiger charge is -2.18. The van der Waals surface area contributed by atoms with Gasteiger partial charge < -0.3 is 5.11 Å². The van der Waals surface area contributed by atoms with E-state index in [1.54, 1.807) is 18.3 Å². The molecule has 5 nitrogen and oxygen atoms in total. The van der Waals surface area contributed by atoms with E-state index in [2.05, 4.69) is 10.2 Å². The van der Waals surface area contributed by atoms with Gasteiger partial charge >= 0.3 is 5.97 Å². The maximum absolute atomic E-state index is 11.1. The molecule has 0 atom stereocenters. The van der Waals surface area contributed by atoms with E-state index in [-0.39, 0.29) is 5.56 Å². The van der Waals surface area contributed by atoms with Gasteiger partial charge in [0.1, 0.15) is 5.82 Å². The summed E-state index contributed by atoms with van der Waals surface area (Å²) in [5, 5.41) is 17.6. The van der Waals surface area contributed by atoms with Gasteiger partial charge in [-0.3, -0.25) is 4.40 Å². The van der Waals surface area contributed by atoms with Crippen LogP contribution in [0.4, 0.5) is 0 Å². The lowest BCUT2D eigenvalue weighted by molar-refractivity contribution is 0.0696. The maximum atomic E-state index is 11.1. The van der Waals surface area contributed by atoms with Crippen LogP contribution in [-0.4, -0.2) is 25.7 Å². The summed E-state index contributed by atoms with van der Waals surface area (Å²) in [5.74, 6) is 0.406. The number of fused-ring (bicyclic) bond motifs is 1. The lowest BCUT2D eigenvalue weighted by atomic mass is 9.90. The summed E-state index contributed by atoms with van der Waals surface area (Å²) < 4.78 is 1.86. The number of pyridine rings is 1. The second-order valence-electron chi connectivity index (χ2n) is 5.55. The SMILES string of the molecule is O=C(O)c1ccc2nnc(C3CCCCCCC3)n2c1. The van der Waals surface area contributed by atoms with Crippen molar-refractivity contribution < 1.29 is 9.90 Å². The summed E-state index contributed by atoms with van der Waals surface area (Å²) >= 11 is 0. The second-order valence-corrected chi connectivity index (χ2v) is 5.55. The Morgan fingerprint density at radius 3 is 2.50 bits per heavy atom. The number of carboxylic acids is 1. The molecule has 5 heteroatoms. The number of carbonyl (C=O) groups is 1. The van der Waals surface area contributed by atoms with Gasteiger partial charge in [-0.25, -0.2) is 4.79 Å². The molecule has 0 radical (unpaired) electrons. The van der Waals surface area contributed by atoms with Gasteiger partial charge in [-0.2, -0.15) is 0 Å². The molecule has 0 saturated heterocycles. The van der Waals surface area contributed by atoms with Crippen LogP contribution in [0.25, 0.3) is 5.65 Å². The van der Waals surface area contributed by atoms with E-state index in [1.165, 1.54) is 32.1 Å². The fourth-order valence-corrected chi connectivity index (χ4v) is 3.03. The Balaban J connectivity index is 1.96. The van der Waals surface area contributed by atoms with Gasteiger partial charge in [-0.1, -0.05) is 32.1 Å². The highest BCUT2D eigenvalue weighted by Crippen LogP contribution is 2.30. The second kappa shape index (κ2) is 5.61.